The predicted octanol–water partition coefficient (Wildman–Crippen LogP) is 2.53. The summed E-state index contributed by atoms with van der Waals surface area (Å²) in [6, 6.07) is 6.27. The number of aromatic nitrogens is 2. The van der Waals surface area contributed by atoms with Crippen molar-refractivity contribution in [3.8, 4) is 0 Å². The van der Waals surface area contributed by atoms with Gasteiger partial charge in [0.15, 0.2) is 0 Å². The summed E-state index contributed by atoms with van der Waals surface area (Å²) in [7, 11) is 0. The van der Waals surface area contributed by atoms with Crippen molar-refractivity contribution >= 4 is 5.91 Å². The highest BCUT2D eigenvalue weighted by atomic mass is 19.1. The Hall–Kier alpha value is -2.17. The summed E-state index contributed by atoms with van der Waals surface area (Å²) < 4.78 is 12.8. The molecule has 0 aliphatic rings. The zero-order valence-electron chi connectivity index (χ0n) is 11.8. The third-order valence-electron chi connectivity index (χ3n) is 3.19. The minimum atomic E-state index is -0.255. The Morgan fingerprint density at radius 2 is 2.00 bits per heavy atom. The summed E-state index contributed by atoms with van der Waals surface area (Å²) >= 11 is 0. The molecule has 1 aromatic heterocycles. The molecule has 0 fully saturated rings. The summed E-state index contributed by atoms with van der Waals surface area (Å²) in [5.74, 6) is -0.390. The molecular formula is C15H18FN3O. The zero-order chi connectivity index (χ0) is 14.7. The number of aromatic amines is 1. The van der Waals surface area contributed by atoms with Crippen LogP contribution in [-0.4, -0.2) is 22.1 Å². The van der Waals surface area contributed by atoms with E-state index in [4.69, 9.17) is 0 Å². The fraction of sp³-hybridized carbons (Fsp3) is 0.333. The average Bonchev–Trinajstić information content (AvgIpc) is 2.72. The van der Waals surface area contributed by atoms with Gasteiger partial charge in [0.05, 0.1) is 11.3 Å². The van der Waals surface area contributed by atoms with Crippen molar-refractivity contribution in [3.05, 3.63) is 52.6 Å². The van der Waals surface area contributed by atoms with Gasteiger partial charge in [0, 0.05) is 11.7 Å². The van der Waals surface area contributed by atoms with Crippen molar-refractivity contribution in [1.29, 1.82) is 0 Å². The molecule has 0 saturated carbocycles. The maximum absolute atomic E-state index is 12.8. The number of nitrogens with zero attached hydrogens (tertiary/aromatic N) is 1. The number of hydrogen-bond donors (Lipinski definition) is 2. The maximum Gasteiger partial charge on any atom is 0.255 e. The van der Waals surface area contributed by atoms with Crippen LogP contribution in [0.25, 0.3) is 0 Å². The fourth-order valence-corrected chi connectivity index (χ4v) is 2.21. The van der Waals surface area contributed by atoms with Crippen LogP contribution in [0.2, 0.25) is 0 Å². The molecule has 1 amide bonds. The predicted molar refractivity (Wildman–Crippen MR) is 75.1 cm³/mol. The third-order valence-corrected chi connectivity index (χ3v) is 3.19. The van der Waals surface area contributed by atoms with Crippen molar-refractivity contribution in [3.63, 3.8) is 0 Å². The third kappa shape index (κ3) is 3.23. The van der Waals surface area contributed by atoms with E-state index in [9.17, 15) is 9.18 Å². The quantitative estimate of drug-likeness (QED) is 0.900. The number of carbonyl (C=O) groups excluding carboxylic acids is 1. The van der Waals surface area contributed by atoms with Gasteiger partial charge >= 0.3 is 0 Å². The van der Waals surface area contributed by atoms with E-state index in [1.807, 2.05) is 13.8 Å². The number of halogens is 1. The summed E-state index contributed by atoms with van der Waals surface area (Å²) in [4.78, 5) is 12.2. The van der Waals surface area contributed by atoms with Gasteiger partial charge in [-0.3, -0.25) is 9.89 Å². The molecule has 0 aliphatic carbocycles. The minimum Gasteiger partial charge on any atom is -0.349 e. The monoisotopic (exact) mass is 275 g/mol. The summed E-state index contributed by atoms with van der Waals surface area (Å²) in [5, 5.41) is 9.74. The molecule has 1 aromatic carbocycles. The van der Waals surface area contributed by atoms with Crippen LogP contribution in [0.3, 0.4) is 0 Å². The number of benzene rings is 1. The smallest absolute Gasteiger partial charge is 0.255 e. The lowest BCUT2D eigenvalue weighted by molar-refractivity contribution is 0.0939. The summed E-state index contributed by atoms with van der Waals surface area (Å²) in [5.41, 5.74) is 3.03. The Morgan fingerprint density at radius 3 is 2.55 bits per heavy atom. The van der Waals surface area contributed by atoms with E-state index < -0.39 is 0 Å². The van der Waals surface area contributed by atoms with Crippen LogP contribution < -0.4 is 5.32 Å². The second-order valence-corrected chi connectivity index (χ2v) is 5.01. The molecule has 0 bridgehead atoms. The van der Waals surface area contributed by atoms with Crippen LogP contribution in [0.15, 0.2) is 24.3 Å². The van der Waals surface area contributed by atoms with Gasteiger partial charge in [0.1, 0.15) is 5.82 Å². The van der Waals surface area contributed by atoms with Crippen LogP contribution >= 0.6 is 0 Å². The van der Waals surface area contributed by atoms with Gasteiger partial charge in [-0.15, -0.1) is 0 Å². The van der Waals surface area contributed by atoms with E-state index in [2.05, 4.69) is 15.5 Å². The Balaban J connectivity index is 1.99. The number of nitrogens with one attached hydrogen (secondary N) is 2. The molecule has 106 valence electrons. The molecule has 2 rings (SSSR count). The molecule has 0 spiro atoms. The standard InChI is InChI=1S/C15H18FN3O/c1-9(8-12-4-6-13(16)7-5-12)17-15(20)14-10(2)18-19-11(14)3/h4-7,9H,8H2,1-3H3,(H,17,20)(H,18,19). The van der Waals surface area contributed by atoms with Crippen LogP contribution in [0.4, 0.5) is 4.39 Å². The SMILES string of the molecule is Cc1n[nH]c(C)c1C(=O)NC(C)Cc1ccc(F)cc1. The van der Waals surface area contributed by atoms with Gasteiger partial charge in [0.2, 0.25) is 0 Å². The second-order valence-electron chi connectivity index (χ2n) is 5.01. The molecule has 1 atom stereocenters. The first-order chi connectivity index (χ1) is 9.47. The molecule has 20 heavy (non-hydrogen) atoms. The molecule has 4 nitrogen and oxygen atoms in total. The molecular weight excluding hydrogens is 257 g/mol. The summed E-state index contributed by atoms with van der Waals surface area (Å²) in [6.45, 7) is 5.54. The van der Waals surface area contributed by atoms with E-state index in [1.165, 1.54) is 12.1 Å². The molecule has 2 aromatic rings. The first-order valence-electron chi connectivity index (χ1n) is 6.54. The van der Waals surface area contributed by atoms with Crippen molar-refractivity contribution < 1.29 is 9.18 Å². The van der Waals surface area contributed by atoms with Gasteiger partial charge in [0.25, 0.3) is 5.91 Å². The average molecular weight is 275 g/mol. The number of H-pyrrole nitrogens is 1. The van der Waals surface area contributed by atoms with E-state index in [0.29, 0.717) is 17.7 Å². The highest BCUT2D eigenvalue weighted by molar-refractivity contribution is 5.96. The Morgan fingerprint density at radius 1 is 1.35 bits per heavy atom. The van der Waals surface area contributed by atoms with Crippen LogP contribution in [0, 0.1) is 19.7 Å². The normalized spacial score (nSPS) is 12.2. The number of aryl methyl sites for hydroxylation is 2. The van der Waals surface area contributed by atoms with Crippen molar-refractivity contribution in [2.45, 2.75) is 33.2 Å². The molecule has 0 aliphatic heterocycles. The first kappa shape index (κ1) is 14.2. The number of rotatable bonds is 4. The lowest BCUT2D eigenvalue weighted by Crippen LogP contribution is -2.34. The van der Waals surface area contributed by atoms with E-state index >= 15 is 0 Å². The lowest BCUT2D eigenvalue weighted by atomic mass is 10.1. The molecule has 1 unspecified atom stereocenters. The van der Waals surface area contributed by atoms with Crippen LogP contribution in [-0.2, 0) is 6.42 Å². The first-order valence-corrected chi connectivity index (χ1v) is 6.54. The van der Waals surface area contributed by atoms with Crippen LogP contribution in [0.5, 0.6) is 0 Å². The number of carbonyl (C=O) groups is 1. The van der Waals surface area contributed by atoms with Gasteiger partial charge < -0.3 is 5.32 Å². The highest BCUT2D eigenvalue weighted by Crippen LogP contribution is 2.10. The largest absolute Gasteiger partial charge is 0.349 e. The van der Waals surface area contributed by atoms with Crippen LogP contribution in [0.1, 0.15) is 34.2 Å². The lowest BCUT2D eigenvalue weighted by Gasteiger charge is -2.14. The topological polar surface area (TPSA) is 57.8 Å². The van der Waals surface area contributed by atoms with Crippen molar-refractivity contribution in [2.75, 3.05) is 0 Å². The molecule has 5 heteroatoms. The van der Waals surface area contributed by atoms with Gasteiger partial charge in [-0.2, -0.15) is 5.10 Å². The second kappa shape index (κ2) is 5.86. The molecule has 2 N–H and O–H groups in total. The Bertz CT molecular complexity index is 585. The van der Waals surface area contributed by atoms with Gasteiger partial charge in [-0.25, -0.2) is 4.39 Å². The number of hydrogen-bond acceptors (Lipinski definition) is 2. The Kier molecular flexibility index (Phi) is 4.17. The molecule has 0 radical (unpaired) electrons. The maximum atomic E-state index is 12.8. The minimum absolute atomic E-state index is 0.0401. The summed E-state index contributed by atoms with van der Waals surface area (Å²) in [6.07, 6.45) is 0.655. The van der Waals surface area contributed by atoms with Crippen molar-refractivity contribution in [2.24, 2.45) is 0 Å². The number of amides is 1. The van der Waals surface area contributed by atoms with Gasteiger partial charge in [-0.1, -0.05) is 12.1 Å². The zero-order valence-corrected chi connectivity index (χ0v) is 11.8. The Labute approximate surface area is 117 Å². The van der Waals surface area contributed by atoms with E-state index in [-0.39, 0.29) is 17.8 Å². The molecule has 0 saturated heterocycles. The van der Waals surface area contributed by atoms with E-state index in [0.717, 1.165) is 11.3 Å². The van der Waals surface area contributed by atoms with Gasteiger partial charge in [-0.05, 0) is 44.9 Å². The van der Waals surface area contributed by atoms with E-state index in [1.54, 1.807) is 19.1 Å². The fourth-order valence-electron chi connectivity index (χ4n) is 2.21. The molecule has 1 heterocycles. The van der Waals surface area contributed by atoms with Crippen molar-refractivity contribution in [1.82, 2.24) is 15.5 Å². The highest BCUT2D eigenvalue weighted by Gasteiger charge is 2.17.